The van der Waals surface area contributed by atoms with Gasteiger partial charge in [0, 0.05) is 0 Å². The first-order chi connectivity index (χ1) is 3.13. The monoisotopic (exact) mass is 102 g/mol. The third-order valence-corrected chi connectivity index (χ3v) is 1.64. The molecular weight excluding hydrogens is 92.1 g/mol. The van der Waals surface area contributed by atoms with Crippen LogP contribution < -0.4 is 0 Å². The van der Waals surface area contributed by atoms with Gasteiger partial charge in [-0.3, -0.25) is 0 Å². The second kappa shape index (κ2) is 1.20. The normalized spacial score (nSPS) is 51.0. The van der Waals surface area contributed by atoms with Crippen LogP contribution in [0, 0.1) is 0 Å². The van der Waals surface area contributed by atoms with Gasteiger partial charge in [-0.05, 0) is 19.8 Å². The lowest BCUT2D eigenvalue weighted by Crippen LogP contribution is -2.48. The van der Waals surface area contributed by atoms with Crippen LogP contribution in [0.15, 0.2) is 0 Å². The third kappa shape index (κ3) is 0.640. The Morgan fingerprint density at radius 2 is 2.14 bits per heavy atom. The van der Waals surface area contributed by atoms with Gasteiger partial charge < -0.3 is 10.2 Å². The Labute approximate surface area is 42.8 Å². The van der Waals surface area contributed by atoms with Gasteiger partial charge in [-0.25, -0.2) is 0 Å². The molecule has 1 aliphatic rings. The van der Waals surface area contributed by atoms with E-state index in [4.69, 9.17) is 10.2 Å². The highest BCUT2D eigenvalue weighted by molar-refractivity contribution is 4.91. The van der Waals surface area contributed by atoms with Crippen molar-refractivity contribution in [1.82, 2.24) is 0 Å². The molecule has 0 amide bonds. The van der Waals surface area contributed by atoms with Gasteiger partial charge in [-0.15, -0.1) is 0 Å². The fourth-order valence-electron chi connectivity index (χ4n) is 0.691. The van der Waals surface area contributed by atoms with Gasteiger partial charge in [-0.2, -0.15) is 0 Å². The molecule has 42 valence electrons. The number of hydrogen-bond acceptors (Lipinski definition) is 2. The molecule has 0 aromatic rings. The van der Waals surface area contributed by atoms with Gasteiger partial charge in [0.05, 0.1) is 11.7 Å². The summed E-state index contributed by atoms with van der Waals surface area (Å²) in [4.78, 5) is 0. The number of hydrogen-bond donors (Lipinski definition) is 2. The standard InChI is InChI=1S/C5H10O2/c1-5(7)3-2-4(5)6/h4,6-7H,2-3H2,1H3/t4-,5+/m0/s1. The van der Waals surface area contributed by atoms with Crippen molar-refractivity contribution >= 4 is 0 Å². The Morgan fingerprint density at radius 1 is 1.71 bits per heavy atom. The van der Waals surface area contributed by atoms with Crippen molar-refractivity contribution in [3.8, 4) is 0 Å². The fraction of sp³-hybridized carbons (Fsp3) is 1.00. The van der Waals surface area contributed by atoms with E-state index in [1.54, 1.807) is 6.92 Å². The molecule has 1 saturated carbocycles. The largest absolute Gasteiger partial charge is 0.390 e. The van der Waals surface area contributed by atoms with E-state index in [-0.39, 0.29) is 0 Å². The summed E-state index contributed by atoms with van der Waals surface area (Å²) in [5.74, 6) is 0. The lowest BCUT2D eigenvalue weighted by atomic mass is 9.79. The maximum Gasteiger partial charge on any atom is 0.0878 e. The molecule has 0 bridgehead atoms. The molecule has 0 unspecified atom stereocenters. The number of aliphatic hydroxyl groups excluding tert-OH is 1. The Kier molecular flexibility index (Phi) is 0.869. The number of aliphatic hydroxyl groups is 2. The van der Waals surface area contributed by atoms with E-state index < -0.39 is 11.7 Å². The molecule has 2 heteroatoms. The zero-order chi connectivity index (χ0) is 5.49. The molecule has 0 aliphatic heterocycles. The molecule has 2 N–H and O–H groups in total. The van der Waals surface area contributed by atoms with Crippen LogP contribution in [0.1, 0.15) is 19.8 Å². The average Bonchev–Trinajstić information content (AvgIpc) is 1.63. The first-order valence-corrected chi connectivity index (χ1v) is 2.53. The second-order valence-corrected chi connectivity index (χ2v) is 2.41. The quantitative estimate of drug-likeness (QED) is 0.448. The summed E-state index contributed by atoms with van der Waals surface area (Å²) >= 11 is 0. The summed E-state index contributed by atoms with van der Waals surface area (Å²) in [6.07, 6.45) is 1.04. The summed E-state index contributed by atoms with van der Waals surface area (Å²) in [7, 11) is 0. The van der Waals surface area contributed by atoms with Crippen LogP contribution in [0.2, 0.25) is 0 Å². The Bertz CT molecular complexity index is 78.1. The minimum atomic E-state index is -0.764. The van der Waals surface area contributed by atoms with Crippen molar-refractivity contribution in [3.05, 3.63) is 0 Å². The molecule has 0 aromatic carbocycles. The minimum Gasteiger partial charge on any atom is -0.390 e. The average molecular weight is 102 g/mol. The SMILES string of the molecule is C[C@@]1(O)CC[C@@H]1O. The zero-order valence-corrected chi connectivity index (χ0v) is 4.39. The molecule has 1 aliphatic carbocycles. The van der Waals surface area contributed by atoms with E-state index in [0.717, 1.165) is 12.8 Å². The molecule has 0 aromatic heterocycles. The molecule has 1 rings (SSSR count). The van der Waals surface area contributed by atoms with Crippen LogP contribution in [-0.2, 0) is 0 Å². The van der Waals surface area contributed by atoms with Crippen molar-refractivity contribution in [1.29, 1.82) is 0 Å². The lowest BCUT2D eigenvalue weighted by Gasteiger charge is -2.38. The highest BCUT2D eigenvalue weighted by Gasteiger charge is 2.39. The van der Waals surface area contributed by atoms with E-state index in [1.165, 1.54) is 0 Å². The summed E-state index contributed by atoms with van der Waals surface area (Å²) in [5.41, 5.74) is -0.764. The van der Waals surface area contributed by atoms with Gasteiger partial charge >= 0.3 is 0 Å². The van der Waals surface area contributed by atoms with Crippen molar-refractivity contribution in [2.75, 3.05) is 0 Å². The maximum absolute atomic E-state index is 8.93. The molecule has 0 radical (unpaired) electrons. The maximum atomic E-state index is 8.93. The van der Waals surface area contributed by atoms with E-state index in [1.807, 2.05) is 0 Å². The van der Waals surface area contributed by atoms with Gasteiger partial charge in [0.2, 0.25) is 0 Å². The van der Waals surface area contributed by atoms with Crippen LogP contribution in [-0.4, -0.2) is 21.9 Å². The Hall–Kier alpha value is -0.0800. The summed E-state index contributed by atoms with van der Waals surface area (Å²) < 4.78 is 0. The van der Waals surface area contributed by atoms with Crippen LogP contribution in [0.25, 0.3) is 0 Å². The number of rotatable bonds is 0. The van der Waals surface area contributed by atoms with Gasteiger partial charge in [0.1, 0.15) is 0 Å². The highest BCUT2D eigenvalue weighted by atomic mass is 16.3. The van der Waals surface area contributed by atoms with Crippen LogP contribution in [0.4, 0.5) is 0 Å². The van der Waals surface area contributed by atoms with Gasteiger partial charge in [0.25, 0.3) is 0 Å². The molecule has 0 spiro atoms. The summed E-state index contributed by atoms with van der Waals surface area (Å²) in [6.45, 7) is 1.65. The lowest BCUT2D eigenvalue weighted by molar-refractivity contribution is -0.131. The highest BCUT2D eigenvalue weighted by Crippen LogP contribution is 2.30. The molecule has 1 fully saturated rings. The molecule has 0 heterocycles. The summed E-state index contributed by atoms with van der Waals surface area (Å²) in [6, 6.07) is 0. The minimum absolute atomic E-state index is 0.465. The van der Waals surface area contributed by atoms with Crippen molar-refractivity contribution in [3.63, 3.8) is 0 Å². The molecule has 7 heavy (non-hydrogen) atoms. The fourth-order valence-corrected chi connectivity index (χ4v) is 0.691. The van der Waals surface area contributed by atoms with E-state index in [0.29, 0.717) is 0 Å². The zero-order valence-electron chi connectivity index (χ0n) is 4.39. The van der Waals surface area contributed by atoms with Crippen LogP contribution in [0.3, 0.4) is 0 Å². The summed E-state index contributed by atoms with van der Waals surface area (Å²) in [5, 5.41) is 17.7. The van der Waals surface area contributed by atoms with E-state index in [9.17, 15) is 0 Å². The van der Waals surface area contributed by atoms with Crippen LogP contribution >= 0.6 is 0 Å². The van der Waals surface area contributed by atoms with Crippen molar-refractivity contribution < 1.29 is 10.2 Å². The molecular formula is C5H10O2. The van der Waals surface area contributed by atoms with E-state index >= 15 is 0 Å². The second-order valence-electron chi connectivity index (χ2n) is 2.41. The first kappa shape index (κ1) is 5.06. The van der Waals surface area contributed by atoms with Crippen molar-refractivity contribution in [2.24, 2.45) is 0 Å². The van der Waals surface area contributed by atoms with E-state index in [2.05, 4.69) is 0 Å². The predicted octanol–water partition coefficient (Wildman–Crippen LogP) is -0.108. The van der Waals surface area contributed by atoms with Gasteiger partial charge in [0.15, 0.2) is 0 Å². The Balaban J connectivity index is 2.43. The van der Waals surface area contributed by atoms with Crippen LogP contribution in [0.5, 0.6) is 0 Å². The molecule has 0 saturated heterocycles. The smallest absolute Gasteiger partial charge is 0.0878 e. The molecule has 2 atom stereocenters. The van der Waals surface area contributed by atoms with Crippen molar-refractivity contribution in [2.45, 2.75) is 31.5 Å². The first-order valence-electron chi connectivity index (χ1n) is 2.53. The predicted molar refractivity (Wildman–Crippen MR) is 25.9 cm³/mol. The molecule has 2 nitrogen and oxygen atoms in total. The Morgan fingerprint density at radius 3 is 2.14 bits per heavy atom. The van der Waals surface area contributed by atoms with Gasteiger partial charge in [-0.1, -0.05) is 0 Å². The third-order valence-electron chi connectivity index (χ3n) is 1.64. The topological polar surface area (TPSA) is 40.5 Å².